The molecule has 7 rings (SSSR count). The van der Waals surface area contributed by atoms with Gasteiger partial charge in [-0.3, -0.25) is 9.36 Å². The summed E-state index contributed by atoms with van der Waals surface area (Å²) in [5.41, 5.74) is 6.56. The van der Waals surface area contributed by atoms with Crippen molar-refractivity contribution in [2.24, 2.45) is 4.99 Å². The van der Waals surface area contributed by atoms with E-state index in [-0.39, 0.29) is 24.0 Å². The first kappa shape index (κ1) is 28.6. The summed E-state index contributed by atoms with van der Waals surface area (Å²) in [6.45, 7) is 0.238. The van der Waals surface area contributed by atoms with Crippen LogP contribution in [0, 0.1) is 5.82 Å². The van der Waals surface area contributed by atoms with Gasteiger partial charge in [-0.2, -0.15) is 0 Å². The number of hydrogen-bond donors (Lipinski definition) is 0. The maximum Gasteiger partial charge on any atom is 0.271 e. The van der Waals surface area contributed by atoms with Crippen LogP contribution in [0.4, 0.5) is 4.39 Å². The van der Waals surface area contributed by atoms with E-state index < -0.39 is 0 Å². The third kappa shape index (κ3) is 5.25. The van der Waals surface area contributed by atoms with E-state index in [4.69, 9.17) is 37.7 Å². The normalized spacial score (nSPS) is 15.7. The van der Waals surface area contributed by atoms with Crippen LogP contribution in [0.15, 0.2) is 100 Å². The van der Waals surface area contributed by atoms with Gasteiger partial charge in [0.1, 0.15) is 12.4 Å². The SMILES string of the molecule is COc1cc(/C=c2/sc3n(c2=O)[C@@H](c2ccc(F)cc2)C2=C(N=3)c3ccccc3CC2)ccc1OCc1ccc(Cl)cc1Cl. The lowest BCUT2D eigenvalue weighted by atomic mass is 9.83. The minimum absolute atomic E-state index is 0.148. The molecule has 0 N–H and O–H groups in total. The van der Waals surface area contributed by atoms with Crippen LogP contribution in [0.25, 0.3) is 11.8 Å². The average Bonchev–Trinajstić information content (AvgIpc) is 3.34. The van der Waals surface area contributed by atoms with Crippen molar-refractivity contribution >= 4 is 46.3 Å². The molecule has 1 aromatic heterocycles. The van der Waals surface area contributed by atoms with Crippen LogP contribution < -0.4 is 24.4 Å². The number of aromatic nitrogens is 1. The first-order valence-electron chi connectivity index (χ1n) is 14.0. The van der Waals surface area contributed by atoms with Gasteiger partial charge in [0.25, 0.3) is 5.56 Å². The Hall–Kier alpha value is -4.17. The predicted molar refractivity (Wildman–Crippen MR) is 173 cm³/mol. The minimum Gasteiger partial charge on any atom is -0.493 e. The van der Waals surface area contributed by atoms with Crippen LogP contribution in [0.1, 0.15) is 40.3 Å². The number of rotatable bonds is 6. The summed E-state index contributed by atoms with van der Waals surface area (Å²) in [6.07, 6.45) is 3.46. The molecular formula is C35H25Cl2FN2O3S. The number of methoxy groups -OCH3 is 1. The van der Waals surface area contributed by atoms with Gasteiger partial charge in [-0.15, -0.1) is 0 Å². The number of ether oxygens (including phenoxy) is 2. The van der Waals surface area contributed by atoms with Crippen molar-refractivity contribution in [2.45, 2.75) is 25.5 Å². The van der Waals surface area contributed by atoms with Crippen molar-refractivity contribution < 1.29 is 13.9 Å². The van der Waals surface area contributed by atoms with Crippen molar-refractivity contribution in [3.05, 3.63) is 154 Å². The molecule has 0 bridgehead atoms. The highest BCUT2D eigenvalue weighted by Gasteiger charge is 2.32. The Morgan fingerprint density at radius 1 is 1.00 bits per heavy atom. The zero-order valence-corrected chi connectivity index (χ0v) is 25.8. The highest BCUT2D eigenvalue weighted by atomic mass is 35.5. The molecule has 0 fully saturated rings. The number of thiazole rings is 1. The number of aryl methyl sites for hydroxylation is 1. The maximum atomic E-state index is 14.0. The monoisotopic (exact) mass is 642 g/mol. The molecular weight excluding hydrogens is 618 g/mol. The summed E-state index contributed by atoms with van der Waals surface area (Å²) in [5, 5.41) is 1.08. The Morgan fingerprint density at radius 2 is 1.82 bits per heavy atom. The largest absolute Gasteiger partial charge is 0.493 e. The predicted octanol–water partition coefficient (Wildman–Crippen LogP) is 7.35. The van der Waals surface area contributed by atoms with Crippen LogP contribution in [-0.4, -0.2) is 11.7 Å². The summed E-state index contributed by atoms with van der Waals surface area (Å²) in [5.74, 6) is 0.745. The Bertz CT molecular complexity index is 2140. The van der Waals surface area contributed by atoms with E-state index in [2.05, 4.69) is 12.1 Å². The van der Waals surface area contributed by atoms with Crippen molar-refractivity contribution in [3.8, 4) is 11.5 Å². The van der Waals surface area contributed by atoms with E-state index in [1.54, 1.807) is 35.9 Å². The molecule has 5 aromatic rings. The molecule has 9 heteroatoms. The molecule has 0 unspecified atom stereocenters. The lowest BCUT2D eigenvalue weighted by molar-refractivity contribution is 0.284. The topological polar surface area (TPSA) is 52.8 Å². The van der Waals surface area contributed by atoms with Gasteiger partial charge in [0, 0.05) is 21.2 Å². The van der Waals surface area contributed by atoms with Crippen LogP contribution in [0.3, 0.4) is 0 Å². The first-order chi connectivity index (χ1) is 21.4. The quantitative estimate of drug-likeness (QED) is 0.195. The molecule has 44 heavy (non-hydrogen) atoms. The number of nitrogens with zero attached hydrogens (tertiary/aromatic N) is 2. The second-order valence-corrected chi connectivity index (χ2v) is 12.5. The van der Waals surface area contributed by atoms with Crippen LogP contribution in [-0.2, 0) is 13.0 Å². The highest BCUT2D eigenvalue weighted by molar-refractivity contribution is 7.07. The molecule has 2 heterocycles. The molecule has 4 aromatic carbocycles. The fourth-order valence-electron chi connectivity index (χ4n) is 5.81. The number of halogens is 3. The fraction of sp³-hybridized carbons (Fsp3) is 0.143. The average molecular weight is 644 g/mol. The molecule has 2 aliphatic rings. The van der Waals surface area contributed by atoms with Crippen molar-refractivity contribution in [3.63, 3.8) is 0 Å². The molecule has 220 valence electrons. The first-order valence-corrected chi connectivity index (χ1v) is 15.6. The maximum absolute atomic E-state index is 14.0. The lowest BCUT2D eigenvalue weighted by Crippen LogP contribution is -2.38. The summed E-state index contributed by atoms with van der Waals surface area (Å²) >= 11 is 13.7. The van der Waals surface area contributed by atoms with Gasteiger partial charge in [0.05, 0.1) is 23.4 Å². The molecule has 0 radical (unpaired) electrons. The van der Waals surface area contributed by atoms with Gasteiger partial charge >= 0.3 is 0 Å². The van der Waals surface area contributed by atoms with E-state index >= 15 is 0 Å². The fourth-order valence-corrected chi connectivity index (χ4v) is 7.27. The van der Waals surface area contributed by atoms with Crippen LogP contribution in [0.5, 0.6) is 11.5 Å². The highest BCUT2D eigenvalue weighted by Crippen LogP contribution is 2.41. The number of benzene rings is 4. The molecule has 0 spiro atoms. The van der Waals surface area contributed by atoms with Gasteiger partial charge in [0.2, 0.25) is 0 Å². The number of hydrogen-bond acceptors (Lipinski definition) is 5. The number of allylic oxidation sites excluding steroid dienone is 1. The van der Waals surface area contributed by atoms with E-state index in [0.717, 1.165) is 46.4 Å². The molecule has 5 nitrogen and oxygen atoms in total. The van der Waals surface area contributed by atoms with Gasteiger partial charge in [-0.05, 0) is 77.6 Å². The Morgan fingerprint density at radius 3 is 2.61 bits per heavy atom. The molecule has 0 amide bonds. The summed E-state index contributed by atoms with van der Waals surface area (Å²) in [4.78, 5) is 19.7. The van der Waals surface area contributed by atoms with Gasteiger partial charge in [-0.25, -0.2) is 9.38 Å². The lowest BCUT2D eigenvalue weighted by Gasteiger charge is -2.30. The van der Waals surface area contributed by atoms with Crippen LogP contribution >= 0.6 is 34.5 Å². The van der Waals surface area contributed by atoms with Gasteiger partial charge < -0.3 is 9.47 Å². The van der Waals surface area contributed by atoms with Gasteiger partial charge in [0.15, 0.2) is 16.3 Å². The minimum atomic E-state index is -0.373. The summed E-state index contributed by atoms with van der Waals surface area (Å²) < 4.78 is 27.8. The molecule has 0 saturated carbocycles. The Balaban J connectivity index is 1.29. The Kier molecular flexibility index (Phi) is 7.62. The third-order valence-corrected chi connectivity index (χ3v) is 9.51. The van der Waals surface area contributed by atoms with E-state index in [9.17, 15) is 9.18 Å². The standard InChI is InChI=1S/C35H25Cl2FN2O3S/c1-42-30-16-20(6-15-29(30)43-19-23-7-11-24(36)18-28(23)37)17-31-34(41)40-33(22-8-12-25(38)13-9-22)27-14-10-21-4-2-3-5-26(21)32(27)39-35(40)44-31/h2-9,11-13,15-18,33H,10,14,19H2,1H3/b31-17+/t33-/m0/s1. The third-order valence-electron chi connectivity index (χ3n) is 7.94. The van der Waals surface area contributed by atoms with Crippen molar-refractivity contribution in [1.82, 2.24) is 4.57 Å². The second-order valence-electron chi connectivity index (χ2n) is 10.6. The van der Waals surface area contributed by atoms with Crippen molar-refractivity contribution in [2.75, 3.05) is 7.11 Å². The van der Waals surface area contributed by atoms with Crippen LogP contribution in [0.2, 0.25) is 10.0 Å². The summed E-state index contributed by atoms with van der Waals surface area (Å²) in [6, 6.07) is 25.1. The zero-order chi connectivity index (χ0) is 30.4. The molecule has 1 aliphatic carbocycles. The van der Waals surface area contributed by atoms with Crippen molar-refractivity contribution in [1.29, 1.82) is 0 Å². The van der Waals surface area contributed by atoms with E-state index in [1.165, 1.54) is 29.0 Å². The second kappa shape index (κ2) is 11.7. The molecule has 1 aliphatic heterocycles. The molecule has 0 saturated heterocycles. The van der Waals surface area contributed by atoms with Gasteiger partial charge in [-0.1, -0.05) is 83.1 Å². The molecule has 1 atom stereocenters. The zero-order valence-electron chi connectivity index (χ0n) is 23.5. The smallest absolute Gasteiger partial charge is 0.271 e. The van der Waals surface area contributed by atoms with E-state index in [0.29, 0.717) is 30.9 Å². The Labute approximate surface area is 266 Å². The van der Waals surface area contributed by atoms with E-state index in [1.807, 2.05) is 42.5 Å². The summed E-state index contributed by atoms with van der Waals surface area (Å²) in [7, 11) is 1.57. The number of fused-ring (bicyclic) bond motifs is 3.